The van der Waals surface area contributed by atoms with Crippen molar-refractivity contribution in [1.82, 2.24) is 10.2 Å². The Bertz CT molecular complexity index is 1230. The Hall–Kier alpha value is -1.93. The summed E-state index contributed by atoms with van der Waals surface area (Å²) in [6.07, 6.45) is 18.9. The average Bonchev–Trinajstić information content (AvgIpc) is 3.40. The van der Waals surface area contributed by atoms with Crippen molar-refractivity contribution in [2.24, 2.45) is 46.3 Å². The van der Waals surface area contributed by atoms with E-state index in [1.807, 2.05) is 41.5 Å². The molecule has 0 bridgehead atoms. The largest absolute Gasteiger partial charge is 0.446 e. The summed E-state index contributed by atoms with van der Waals surface area (Å²) in [4.78, 5) is 37.9. The quantitative estimate of drug-likeness (QED) is 0.0809. The van der Waals surface area contributed by atoms with Gasteiger partial charge in [0.25, 0.3) is 0 Å². The molecule has 3 amide bonds. The SMILES string of the molecule is CC(C)CCCCC1CCC2C3CC=C4CC(OC(=O)NCCOC(C)(C)COC(C)(C)CCN(C=O)C(=O)CC(C)C)CCC4(C)C3CCC12C. The number of carbonyl (C=O) groups excluding carboxylic acids is 3. The van der Waals surface area contributed by atoms with Gasteiger partial charge in [0.2, 0.25) is 12.3 Å². The summed E-state index contributed by atoms with van der Waals surface area (Å²) in [6.45, 7) is 23.0. The first-order valence-electron chi connectivity index (χ1n) is 21.1. The van der Waals surface area contributed by atoms with Gasteiger partial charge in [-0.2, -0.15) is 0 Å². The van der Waals surface area contributed by atoms with E-state index in [-0.39, 0.29) is 29.4 Å². The molecule has 0 spiro atoms. The zero-order valence-electron chi connectivity index (χ0n) is 34.8. The van der Waals surface area contributed by atoms with Crippen LogP contribution in [-0.2, 0) is 23.8 Å². The van der Waals surface area contributed by atoms with Gasteiger partial charge in [-0.3, -0.25) is 14.5 Å². The van der Waals surface area contributed by atoms with Crippen LogP contribution in [0.5, 0.6) is 0 Å². The van der Waals surface area contributed by atoms with Crippen LogP contribution in [0.3, 0.4) is 0 Å². The summed E-state index contributed by atoms with van der Waals surface area (Å²) < 4.78 is 18.2. The van der Waals surface area contributed by atoms with Crippen molar-refractivity contribution in [3.63, 3.8) is 0 Å². The summed E-state index contributed by atoms with van der Waals surface area (Å²) in [5.41, 5.74) is 1.18. The maximum atomic E-state index is 12.9. The summed E-state index contributed by atoms with van der Waals surface area (Å²) in [6, 6.07) is 0. The van der Waals surface area contributed by atoms with Crippen molar-refractivity contribution in [3.05, 3.63) is 11.6 Å². The number of nitrogens with one attached hydrogen (secondary N) is 1. The molecule has 0 saturated heterocycles. The maximum absolute atomic E-state index is 12.9. The van der Waals surface area contributed by atoms with Gasteiger partial charge in [-0.05, 0) is 132 Å². The Balaban J connectivity index is 1.17. The van der Waals surface area contributed by atoms with E-state index in [4.69, 9.17) is 14.2 Å². The molecule has 0 aromatic heterocycles. The molecule has 0 aromatic rings. The number of amides is 3. The van der Waals surface area contributed by atoms with E-state index in [1.54, 1.807) is 5.57 Å². The van der Waals surface area contributed by atoms with Gasteiger partial charge in [-0.25, -0.2) is 4.79 Å². The van der Waals surface area contributed by atoms with E-state index in [9.17, 15) is 14.4 Å². The summed E-state index contributed by atoms with van der Waals surface area (Å²) in [5, 5.41) is 2.90. The number of ether oxygens (including phenoxy) is 3. The zero-order chi connectivity index (χ0) is 38.3. The Kier molecular flexibility index (Phi) is 14.9. The standard InChI is InChI=1S/C44H76N2O6/c1-31(2)13-11-12-14-33-16-18-37-36-17-15-34-28-35(19-21-44(34,10)38(36)20-22-43(33,37)9)52-40(49)45-24-26-50-42(7,8)29-51-41(5,6)23-25-46(30-47)39(48)27-32(3)4/h15,30-33,35-38H,11-14,16-29H2,1-10H3,(H,45,49). The second kappa shape index (κ2) is 18.1. The third-order valence-electron chi connectivity index (χ3n) is 13.8. The fraction of sp³-hybridized carbons (Fsp3) is 0.886. The van der Waals surface area contributed by atoms with Crippen molar-refractivity contribution in [2.75, 3.05) is 26.3 Å². The summed E-state index contributed by atoms with van der Waals surface area (Å²) >= 11 is 0. The van der Waals surface area contributed by atoms with Crippen LogP contribution in [0.25, 0.3) is 0 Å². The monoisotopic (exact) mass is 729 g/mol. The maximum Gasteiger partial charge on any atom is 0.407 e. The number of nitrogens with zero attached hydrogens (tertiary/aromatic N) is 1. The van der Waals surface area contributed by atoms with E-state index in [2.05, 4.69) is 39.1 Å². The van der Waals surface area contributed by atoms with E-state index >= 15 is 0 Å². The number of hydrogen-bond acceptors (Lipinski definition) is 6. The highest BCUT2D eigenvalue weighted by Gasteiger charge is 2.58. The minimum Gasteiger partial charge on any atom is -0.446 e. The van der Waals surface area contributed by atoms with Crippen molar-refractivity contribution < 1.29 is 28.6 Å². The van der Waals surface area contributed by atoms with Gasteiger partial charge >= 0.3 is 6.09 Å². The van der Waals surface area contributed by atoms with E-state index < -0.39 is 11.2 Å². The van der Waals surface area contributed by atoms with Crippen LogP contribution in [0.4, 0.5) is 4.79 Å². The lowest BCUT2D eigenvalue weighted by Crippen LogP contribution is -2.50. The molecular formula is C44H76N2O6. The number of fused-ring (bicyclic) bond motifs is 5. The first-order chi connectivity index (χ1) is 24.4. The van der Waals surface area contributed by atoms with Gasteiger partial charge in [0.05, 0.1) is 24.4 Å². The van der Waals surface area contributed by atoms with E-state index in [1.165, 1.54) is 62.7 Å². The minimum absolute atomic E-state index is 0.0739. The van der Waals surface area contributed by atoms with Gasteiger partial charge in [-0.15, -0.1) is 0 Å². The fourth-order valence-electron chi connectivity index (χ4n) is 10.5. The second-order valence-corrected chi connectivity index (χ2v) is 19.7. The lowest BCUT2D eigenvalue weighted by Gasteiger charge is -2.58. The van der Waals surface area contributed by atoms with Gasteiger partial charge in [0.1, 0.15) is 6.10 Å². The molecule has 298 valence electrons. The van der Waals surface area contributed by atoms with Crippen LogP contribution in [0, 0.1) is 46.3 Å². The molecule has 0 aromatic carbocycles. The van der Waals surface area contributed by atoms with Crippen LogP contribution in [-0.4, -0.2) is 66.9 Å². The van der Waals surface area contributed by atoms with Gasteiger partial charge in [0.15, 0.2) is 0 Å². The average molecular weight is 729 g/mol. The molecule has 7 atom stereocenters. The highest BCUT2D eigenvalue weighted by atomic mass is 16.6. The molecule has 3 saturated carbocycles. The number of unbranched alkanes of at least 4 members (excludes halogenated alkanes) is 1. The number of rotatable bonds is 19. The Morgan fingerprint density at radius 2 is 1.71 bits per heavy atom. The fourth-order valence-corrected chi connectivity index (χ4v) is 10.5. The number of allylic oxidation sites excluding steroid dienone is 1. The highest BCUT2D eigenvalue weighted by molar-refractivity contribution is 5.86. The summed E-state index contributed by atoms with van der Waals surface area (Å²) in [5.74, 6) is 4.21. The third kappa shape index (κ3) is 11.1. The van der Waals surface area contributed by atoms with Gasteiger partial charge in [-0.1, -0.05) is 72.5 Å². The molecule has 4 aliphatic carbocycles. The number of carbonyl (C=O) groups is 3. The third-order valence-corrected chi connectivity index (χ3v) is 13.8. The molecule has 1 N–H and O–H groups in total. The molecule has 52 heavy (non-hydrogen) atoms. The van der Waals surface area contributed by atoms with Crippen LogP contribution in [0.2, 0.25) is 0 Å². The van der Waals surface area contributed by atoms with Crippen LogP contribution >= 0.6 is 0 Å². The Morgan fingerprint density at radius 1 is 0.962 bits per heavy atom. The number of hydrogen-bond donors (Lipinski definition) is 1. The van der Waals surface area contributed by atoms with E-state index in [0.717, 1.165) is 48.9 Å². The highest BCUT2D eigenvalue weighted by Crippen LogP contribution is 2.66. The van der Waals surface area contributed by atoms with Crippen molar-refractivity contribution >= 4 is 18.4 Å². The normalized spacial score (nSPS) is 30.3. The molecule has 8 heteroatoms. The Labute approximate surface area is 317 Å². The first-order valence-corrected chi connectivity index (χ1v) is 21.1. The minimum atomic E-state index is -0.580. The molecule has 0 heterocycles. The molecule has 4 rings (SSSR count). The number of imide groups is 1. The lowest BCUT2D eigenvalue weighted by atomic mass is 9.47. The lowest BCUT2D eigenvalue weighted by molar-refractivity contribution is -0.141. The molecule has 7 unspecified atom stereocenters. The molecule has 0 radical (unpaired) electrons. The smallest absolute Gasteiger partial charge is 0.407 e. The van der Waals surface area contributed by atoms with Crippen LogP contribution < -0.4 is 5.32 Å². The predicted octanol–water partition coefficient (Wildman–Crippen LogP) is 9.89. The topological polar surface area (TPSA) is 94.2 Å². The second-order valence-electron chi connectivity index (χ2n) is 19.7. The summed E-state index contributed by atoms with van der Waals surface area (Å²) in [7, 11) is 0. The van der Waals surface area contributed by atoms with Crippen molar-refractivity contribution in [3.8, 4) is 0 Å². The van der Waals surface area contributed by atoms with E-state index in [0.29, 0.717) is 51.0 Å². The predicted molar refractivity (Wildman–Crippen MR) is 209 cm³/mol. The van der Waals surface area contributed by atoms with Gasteiger partial charge < -0.3 is 19.5 Å². The molecule has 4 aliphatic rings. The zero-order valence-corrected chi connectivity index (χ0v) is 34.8. The Morgan fingerprint density at radius 3 is 2.40 bits per heavy atom. The molecule has 3 fully saturated rings. The molecular weight excluding hydrogens is 652 g/mol. The van der Waals surface area contributed by atoms with Gasteiger partial charge in [0, 0.05) is 25.9 Å². The van der Waals surface area contributed by atoms with Crippen LogP contribution in [0.15, 0.2) is 11.6 Å². The molecule has 8 nitrogen and oxygen atoms in total. The number of alkyl carbamates (subject to hydrolysis) is 1. The van der Waals surface area contributed by atoms with Crippen molar-refractivity contribution in [1.29, 1.82) is 0 Å². The first kappa shape index (κ1) is 42.8. The van der Waals surface area contributed by atoms with Crippen LogP contribution in [0.1, 0.15) is 159 Å². The molecule has 0 aliphatic heterocycles. The van der Waals surface area contributed by atoms with Crippen molar-refractivity contribution in [2.45, 2.75) is 176 Å².